The highest BCUT2D eigenvalue weighted by Crippen LogP contribution is 2.37. The minimum Gasteiger partial charge on any atom is -0.459 e. The number of hydrogen-bond donors (Lipinski definition) is 0. The molecule has 0 unspecified atom stereocenters. The van der Waals surface area contributed by atoms with Crippen LogP contribution in [0.5, 0.6) is 0 Å². The number of hydrogen-bond acceptors (Lipinski definition) is 6. The minimum absolute atomic E-state index is 0.129. The first-order valence-electron chi connectivity index (χ1n) is 11.1. The number of nitrogens with zero attached hydrogens (tertiary/aromatic N) is 1. The van der Waals surface area contributed by atoms with Crippen LogP contribution in [-0.4, -0.2) is 62.0 Å². The smallest absolute Gasteiger partial charge is 0.329 e. The van der Waals surface area contributed by atoms with Crippen LogP contribution in [0.25, 0.3) is 0 Å². The molecule has 174 valence electrons. The van der Waals surface area contributed by atoms with E-state index in [1.54, 1.807) is 20.8 Å². The third-order valence-corrected chi connectivity index (χ3v) is 8.55. The van der Waals surface area contributed by atoms with Crippen molar-refractivity contribution in [3.05, 3.63) is 35.9 Å². The minimum atomic E-state index is -3.87. The van der Waals surface area contributed by atoms with Crippen LogP contribution in [0, 0.1) is 5.92 Å². The number of piperidine rings is 1. The summed E-state index contributed by atoms with van der Waals surface area (Å²) in [5.74, 6) is -0.348. The average Bonchev–Trinajstić information content (AvgIpc) is 2.74. The Balaban J connectivity index is 1.61. The van der Waals surface area contributed by atoms with E-state index in [4.69, 9.17) is 14.2 Å². The molecule has 0 N–H and O–H groups in total. The fraction of sp³-hybridized carbons (Fsp3) is 0.696. The van der Waals surface area contributed by atoms with Crippen molar-refractivity contribution in [1.29, 1.82) is 0 Å². The highest BCUT2D eigenvalue weighted by atomic mass is 32.2. The second kappa shape index (κ2) is 9.98. The van der Waals surface area contributed by atoms with Crippen molar-refractivity contribution in [3.63, 3.8) is 0 Å². The van der Waals surface area contributed by atoms with Crippen LogP contribution in [0.2, 0.25) is 0 Å². The quantitative estimate of drug-likeness (QED) is 0.590. The van der Waals surface area contributed by atoms with E-state index in [0.717, 1.165) is 18.4 Å². The van der Waals surface area contributed by atoms with Gasteiger partial charge in [0, 0.05) is 45.8 Å². The lowest BCUT2D eigenvalue weighted by Crippen LogP contribution is -2.59. The van der Waals surface area contributed by atoms with Gasteiger partial charge < -0.3 is 14.2 Å². The predicted octanol–water partition coefficient (Wildman–Crippen LogP) is 3.14. The maximum Gasteiger partial charge on any atom is 0.329 e. The zero-order chi connectivity index (χ0) is 22.5. The van der Waals surface area contributed by atoms with Crippen molar-refractivity contribution in [2.75, 3.05) is 32.9 Å². The SMILES string of the molecule is CC(C)(C)OC(=O)C1(S(=O)(=O)N2CCC(COCc3ccccc3)CC2)CCOCC1. The van der Waals surface area contributed by atoms with Crippen molar-refractivity contribution >= 4 is 16.0 Å². The van der Waals surface area contributed by atoms with Gasteiger partial charge in [-0.05, 0) is 45.1 Å². The predicted molar refractivity (Wildman–Crippen MR) is 118 cm³/mol. The van der Waals surface area contributed by atoms with Crippen molar-refractivity contribution < 1.29 is 27.4 Å². The summed E-state index contributed by atoms with van der Waals surface area (Å²) in [6, 6.07) is 10.00. The number of esters is 1. The molecule has 0 aromatic heterocycles. The number of rotatable bonds is 7. The van der Waals surface area contributed by atoms with Crippen molar-refractivity contribution in [3.8, 4) is 0 Å². The van der Waals surface area contributed by atoms with E-state index in [1.807, 2.05) is 30.3 Å². The van der Waals surface area contributed by atoms with Gasteiger partial charge in [0.05, 0.1) is 6.61 Å². The Morgan fingerprint density at radius 1 is 1.13 bits per heavy atom. The number of sulfonamides is 1. The van der Waals surface area contributed by atoms with Crippen LogP contribution in [0.15, 0.2) is 30.3 Å². The van der Waals surface area contributed by atoms with E-state index < -0.39 is 26.3 Å². The Morgan fingerprint density at radius 3 is 2.32 bits per heavy atom. The van der Waals surface area contributed by atoms with Crippen LogP contribution in [0.3, 0.4) is 0 Å². The maximum absolute atomic E-state index is 13.6. The normalized spacial score (nSPS) is 21.0. The van der Waals surface area contributed by atoms with Gasteiger partial charge in [-0.15, -0.1) is 0 Å². The Morgan fingerprint density at radius 2 is 1.74 bits per heavy atom. The van der Waals surface area contributed by atoms with Gasteiger partial charge in [-0.3, -0.25) is 4.79 Å². The first kappa shape index (κ1) is 24.2. The number of ether oxygens (including phenoxy) is 3. The van der Waals surface area contributed by atoms with E-state index in [0.29, 0.717) is 32.2 Å². The summed E-state index contributed by atoms with van der Waals surface area (Å²) < 4.78 is 44.0. The topological polar surface area (TPSA) is 82.1 Å². The molecule has 2 heterocycles. The lowest BCUT2D eigenvalue weighted by Gasteiger charge is -2.41. The van der Waals surface area contributed by atoms with E-state index in [2.05, 4.69) is 0 Å². The Bertz CT molecular complexity index is 819. The third-order valence-electron chi connectivity index (χ3n) is 5.94. The van der Waals surface area contributed by atoms with Crippen LogP contribution >= 0.6 is 0 Å². The molecule has 0 radical (unpaired) electrons. The van der Waals surface area contributed by atoms with Crippen LogP contribution in [-0.2, 0) is 35.6 Å². The Hall–Kier alpha value is -1.48. The molecular weight excluding hydrogens is 418 g/mol. The van der Waals surface area contributed by atoms with Crippen molar-refractivity contribution in [2.45, 2.75) is 63.4 Å². The fourth-order valence-electron chi connectivity index (χ4n) is 4.12. The van der Waals surface area contributed by atoms with Gasteiger partial charge in [0.1, 0.15) is 5.60 Å². The molecule has 0 saturated carbocycles. The van der Waals surface area contributed by atoms with Crippen LogP contribution in [0.1, 0.15) is 52.0 Å². The van der Waals surface area contributed by atoms with Crippen molar-refractivity contribution in [1.82, 2.24) is 4.31 Å². The van der Waals surface area contributed by atoms with Gasteiger partial charge in [-0.1, -0.05) is 30.3 Å². The lowest BCUT2D eigenvalue weighted by molar-refractivity contribution is -0.161. The molecule has 1 aromatic rings. The summed E-state index contributed by atoms with van der Waals surface area (Å²) in [5.41, 5.74) is 0.377. The Kier molecular flexibility index (Phi) is 7.78. The van der Waals surface area contributed by atoms with Gasteiger partial charge in [-0.2, -0.15) is 0 Å². The first-order chi connectivity index (χ1) is 14.6. The lowest BCUT2D eigenvalue weighted by atomic mass is 9.98. The van der Waals surface area contributed by atoms with E-state index in [1.165, 1.54) is 4.31 Å². The van der Waals surface area contributed by atoms with E-state index >= 15 is 0 Å². The summed E-state index contributed by atoms with van der Waals surface area (Å²) in [5, 5.41) is 0. The zero-order valence-electron chi connectivity index (χ0n) is 18.8. The molecule has 0 bridgehead atoms. The molecule has 0 spiro atoms. The number of carbonyl (C=O) groups excluding carboxylic acids is 1. The molecule has 2 aliphatic heterocycles. The number of benzene rings is 1. The summed E-state index contributed by atoms with van der Waals surface area (Å²) in [6.45, 7) is 7.70. The summed E-state index contributed by atoms with van der Waals surface area (Å²) in [6.07, 6.45) is 1.69. The van der Waals surface area contributed by atoms with Gasteiger partial charge in [0.25, 0.3) is 0 Å². The molecule has 2 saturated heterocycles. The van der Waals surface area contributed by atoms with Gasteiger partial charge >= 0.3 is 5.97 Å². The third kappa shape index (κ3) is 5.86. The average molecular weight is 454 g/mol. The second-order valence-electron chi connectivity index (χ2n) is 9.46. The van der Waals surface area contributed by atoms with E-state index in [9.17, 15) is 13.2 Å². The largest absolute Gasteiger partial charge is 0.459 e. The summed E-state index contributed by atoms with van der Waals surface area (Å²) >= 11 is 0. The standard InChI is InChI=1S/C23H35NO6S/c1-22(2,3)30-21(25)23(11-15-28-16-12-23)31(26,27)24-13-9-20(10-14-24)18-29-17-19-7-5-4-6-8-19/h4-8,20H,9-18H2,1-3H3. The molecule has 8 heteroatoms. The van der Waals surface area contributed by atoms with Crippen molar-refractivity contribution in [2.24, 2.45) is 5.92 Å². The summed E-state index contributed by atoms with van der Waals surface area (Å²) in [7, 11) is -3.87. The highest BCUT2D eigenvalue weighted by molar-refractivity contribution is 7.91. The van der Waals surface area contributed by atoms with E-state index in [-0.39, 0.29) is 26.1 Å². The first-order valence-corrected chi connectivity index (χ1v) is 12.5. The maximum atomic E-state index is 13.6. The van der Waals surface area contributed by atoms with Gasteiger partial charge in [-0.25, -0.2) is 12.7 Å². The van der Waals surface area contributed by atoms with Crippen LogP contribution in [0.4, 0.5) is 0 Å². The molecule has 2 aliphatic rings. The second-order valence-corrected chi connectivity index (χ2v) is 11.7. The highest BCUT2D eigenvalue weighted by Gasteiger charge is 2.56. The zero-order valence-corrected chi connectivity index (χ0v) is 19.7. The molecule has 1 aromatic carbocycles. The summed E-state index contributed by atoms with van der Waals surface area (Å²) in [4.78, 5) is 13.1. The van der Waals surface area contributed by atoms with Gasteiger partial charge in [0.2, 0.25) is 10.0 Å². The number of carbonyl (C=O) groups is 1. The molecule has 0 amide bonds. The molecule has 7 nitrogen and oxygen atoms in total. The molecule has 31 heavy (non-hydrogen) atoms. The Labute approximate surface area is 186 Å². The van der Waals surface area contributed by atoms with Gasteiger partial charge in [0.15, 0.2) is 4.75 Å². The molecule has 0 aliphatic carbocycles. The fourth-order valence-corrected chi connectivity index (χ4v) is 6.24. The monoisotopic (exact) mass is 453 g/mol. The molecule has 0 atom stereocenters. The van der Waals surface area contributed by atoms with Crippen LogP contribution < -0.4 is 0 Å². The molecule has 2 fully saturated rings. The molecular formula is C23H35NO6S. The molecule has 3 rings (SSSR count).